The average molecular weight is 405 g/mol. The van der Waals surface area contributed by atoms with Gasteiger partial charge in [0.2, 0.25) is 0 Å². The molecule has 2 aromatic carbocycles. The maximum absolute atomic E-state index is 2.45. The zero-order valence-corrected chi connectivity index (χ0v) is 20.0. The van der Waals surface area contributed by atoms with Gasteiger partial charge in [0, 0.05) is 0 Å². The standard InChI is InChI=1S/C15H28.C15H16/c2*1-12-5-3-7-14(9-12)11-15-8-4-6-13(2)10-15/h12-15H,3-11H2,1-2H3;3-10H,11H2,1-2H3. The smallest absolute Gasteiger partial charge is 0.00256 e. The summed E-state index contributed by atoms with van der Waals surface area (Å²) >= 11 is 0. The van der Waals surface area contributed by atoms with E-state index in [0.29, 0.717) is 0 Å². The lowest BCUT2D eigenvalue weighted by molar-refractivity contribution is 0.191. The van der Waals surface area contributed by atoms with Gasteiger partial charge in [-0.15, -0.1) is 0 Å². The van der Waals surface area contributed by atoms with Gasteiger partial charge in [-0.05, 0) is 74.3 Å². The molecule has 0 bridgehead atoms. The van der Waals surface area contributed by atoms with E-state index in [9.17, 15) is 0 Å². The second-order valence-corrected chi connectivity index (χ2v) is 10.7. The molecule has 0 N–H and O–H groups in total. The van der Waals surface area contributed by atoms with Crippen molar-refractivity contribution < 1.29 is 0 Å². The normalized spacial score (nSPS) is 26.5. The first kappa shape index (κ1) is 23.1. The first-order valence-corrected chi connectivity index (χ1v) is 12.6. The van der Waals surface area contributed by atoms with Gasteiger partial charge in [0.25, 0.3) is 0 Å². The van der Waals surface area contributed by atoms with Gasteiger partial charge >= 0.3 is 0 Å². The molecule has 0 amide bonds. The third-order valence-electron chi connectivity index (χ3n) is 7.33. The summed E-state index contributed by atoms with van der Waals surface area (Å²) in [7, 11) is 0. The zero-order valence-electron chi connectivity index (χ0n) is 20.0. The van der Waals surface area contributed by atoms with Crippen LogP contribution in [0.25, 0.3) is 0 Å². The van der Waals surface area contributed by atoms with Crippen LogP contribution in [0.1, 0.15) is 93.9 Å². The molecule has 0 heterocycles. The van der Waals surface area contributed by atoms with Crippen molar-refractivity contribution in [2.45, 2.75) is 91.9 Å². The Morgan fingerprint density at radius 3 is 1.53 bits per heavy atom. The van der Waals surface area contributed by atoms with E-state index in [1.807, 2.05) is 0 Å². The molecule has 4 atom stereocenters. The van der Waals surface area contributed by atoms with E-state index >= 15 is 0 Å². The Morgan fingerprint density at radius 1 is 0.667 bits per heavy atom. The Kier molecular flexibility index (Phi) is 9.04. The maximum Gasteiger partial charge on any atom is -0.00256 e. The lowest BCUT2D eigenvalue weighted by Crippen LogP contribution is -2.20. The van der Waals surface area contributed by atoms with Crippen LogP contribution in [-0.4, -0.2) is 0 Å². The molecule has 0 aliphatic heterocycles. The minimum Gasteiger partial charge on any atom is -0.0625 e. The molecular weight excluding hydrogens is 360 g/mol. The first-order chi connectivity index (χ1) is 14.5. The quantitative estimate of drug-likeness (QED) is 0.477. The summed E-state index contributed by atoms with van der Waals surface area (Å²) < 4.78 is 0. The van der Waals surface area contributed by atoms with E-state index in [0.717, 1.165) is 30.1 Å². The summed E-state index contributed by atoms with van der Waals surface area (Å²) in [6, 6.07) is 17.4. The average Bonchev–Trinajstić information content (AvgIpc) is 2.69. The van der Waals surface area contributed by atoms with E-state index in [-0.39, 0.29) is 0 Å². The lowest BCUT2D eigenvalue weighted by Gasteiger charge is -2.33. The molecule has 0 spiro atoms. The van der Waals surface area contributed by atoms with Crippen molar-refractivity contribution in [3.8, 4) is 0 Å². The Balaban J connectivity index is 0.000000171. The van der Waals surface area contributed by atoms with Gasteiger partial charge in [0.05, 0.1) is 0 Å². The molecular formula is C30H44. The summed E-state index contributed by atoms with van der Waals surface area (Å²) in [5.74, 6) is 4.21. The molecule has 2 aromatic rings. The van der Waals surface area contributed by atoms with Crippen LogP contribution in [0.4, 0.5) is 0 Å². The van der Waals surface area contributed by atoms with E-state index in [2.05, 4.69) is 76.2 Å². The molecule has 2 aliphatic carbocycles. The number of hydrogen-bond acceptors (Lipinski definition) is 0. The predicted molar refractivity (Wildman–Crippen MR) is 132 cm³/mol. The molecule has 164 valence electrons. The highest BCUT2D eigenvalue weighted by Crippen LogP contribution is 2.38. The van der Waals surface area contributed by atoms with Crippen molar-refractivity contribution in [1.29, 1.82) is 0 Å². The van der Waals surface area contributed by atoms with Crippen molar-refractivity contribution in [2.24, 2.45) is 23.7 Å². The maximum atomic E-state index is 2.45. The molecule has 0 radical (unpaired) electrons. The molecule has 2 fully saturated rings. The summed E-state index contributed by atoms with van der Waals surface area (Å²) in [6.45, 7) is 9.19. The minimum absolute atomic E-state index is 1.02. The van der Waals surface area contributed by atoms with Crippen molar-refractivity contribution in [2.75, 3.05) is 0 Å². The topological polar surface area (TPSA) is 0 Å². The predicted octanol–water partition coefficient (Wildman–Crippen LogP) is 8.92. The number of rotatable bonds is 4. The minimum atomic E-state index is 1.02. The monoisotopic (exact) mass is 404 g/mol. The SMILES string of the molecule is CC1CCCC(CC2CCCC(C)C2)C1.Cc1cccc(Cc2cccc(C)c2)c1. The fraction of sp³-hybridized carbons (Fsp3) is 0.600. The Bertz CT molecular complexity index is 695. The van der Waals surface area contributed by atoms with Crippen molar-refractivity contribution >= 4 is 0 Å². The fourth-order valence-electron chi connectivity index (χ4n) is 5.90. The van der Waals surface area contributed by atoms with Crippen molar-refractivity contribution in [3.05, 3.63) is 70.8 Å². The van der Waals surface area contributed by atoms with Gasteiger partial charge in [-0.3, -0.25) is 0 Å². The Labute approximate surface area is 186 Å². The van der Waals surface area contributed by atoms with Crippen LogP contribution in [0, 0.1) is 37.5 Å². The van der Waals surface area contributed by atoms with Gasteiger partial charge < -0.3 is 0 Å². The molecule has 2 saturated carbocycles. The highest BCUT2D eigenvalue weighted by Gasteiger charge is 2.25. The fourth-order valence-corrected chi connectivity index (χ4v) is 5.90. The third-order valence-corrected chi connectivity index (χ3v) is 7.33. The third kappa shape index (κ3) is 7.93. The van der Waals surface area contributed by atoms with Crippen LogP contribution in [0.3, 0.4) is 0 Å². The van der Waals surface area contributed by atoms with Gasteiger partial charge in [-0.1, -0.05) is 112 Å². The van der Waals surface area contributed by atoms with Crippen LogP contribution in [0.5, 0.6) is 0 Å². The van der Waals surface area contributed by atoms with Gasteiger partial charge in [-0.2, -0.15) is 0 Å². The first-order valence-electron chi connectivity index (χ1n) is 12.6. The Hall–Kier alpha value is -1.56. The summed E-state index contributed by atoms with van der Waals surface area (Å²) in [5.41, 5.74) is 5.45. The molecule has 30 heavy (non-hydrogen) atoms. The van der Waals surface area contributed by atoms with Gasteiger partial charge in [0.1, 0.15) is 0 Å². The van der Waals surface area contributed by atoms with Crippen LogP contribution in [0.2, 0.25) is 0 Å². The van der Waals surface area contributed by atoms with E-state index in [1.165, 1.54) is 73.6 Å². The van der Waals surface area contributed by atoms with Gasteiger partial charge in [0.15, 0.2) is 0 Å². The second kappa shape index (κ2) is 11.7. The molecule has 0 saturated heterocycles. The Morgan fingerprint density at radius 2 is 1.13 bits per heavy atom. The van der Waals surface area contributed by atoms with Crippen LogP contribution >= 0.6 is 0 Å². The number of benzene rings is 2. The lowest BCUT2D eigenvalue weighted by atomic mass is 9.73. The summed E-state index contributed by atoms with van der Waals surface area (Å²) in [6.07, 6.45) is 14.7. The summed E-state index contributed by atoms with van der Waals surface area (Å²) in [5, 5.41) is 0. The van der Waals surface area contributed by atoms with E-state index < -0.39 is 0 Å². The number of aryl methyl sites for hydroxylation is 2. The van der Waals surface area contributed by atoms with E-state index in [4.69, 9.17) is 0 Å². The zero-order chi connectivity index (χ0) is 21.3. The molecule has 2 aliphatic rings. The largest absolute Gasteiger partial charge is 0.0625 e. The highest BCUT2D eigenvalue weighted by atomic mass is 14.3. The molecule has 4 rings (SSSR count). The van der Waals surface area contributed by atoms with Crippen molar-refractivity contribution in [1.82, 2.24) is 0 Å². The van der Waals surface area contributed by atoms with Crippen molar-refractivity contribution in [3.63, 3.8) is 0 Å². The van der Waals surface area contributed by atoms with Crippen LogP contribution < -0.4 is 0 Å². The van der Waals surface area contributed by atoms with Gasteiger partial charge in [-0.25, -0.2) is 0 Å². The second-order valence-electron chi connectivity index (χ2n) is 10.7. The molecule has 0 aromatic heterocycles. The van der Waals surface area contributed by atoms with Crippen LogP contribution in [0.15, 0.2) is 48.5 Å². The summed E-state index contributed by atoms with van der Waals surface area (Å²) in [4.78, 5) is 0. The van der Waals surface area contributed by atoms with E-state index in [1.54, 1.807) is 6.42 Å². The molecule has 4 unspecified atom stereocenters. The molecule has 0 heteroatoms. The number of hydrogen-bond donors (Lipinski definition) is 0. The highest BCUT2D eigenvalue weighted by molar-refractivity contribution is 5.30. The molecule has 0 nitrogen and oxygen atoms in total. The van der Waals surface area contributed by atoms with Crippen LogP contribution in [-0.2, 0) is 6.42 Å².